The Labute approximate surface area is 105 Å². The number of carbonyl (C=O) groups excluding carboxylic acids is 1. The Morgan fingerprint density at radius 3 is 3.11 bits per heavy atom. The molecule has 98 valence electrons. The Morgan fingerprint density at radius 1 is 1.56 bits per heavy atom. The predicted octanol–water partition coefficient (Wildman–Crippen LogP) is 1.69. The molecule has 2 N–H and O–H groups in total. The maximum absolute atomic E-state index is 13.1. The summed E-state index contributed by atoms with van der Waals surface area (Å²) in [4.78, 5) is 11.8. The van der Waals surface area contributed by atoms with E-state index < -0.39 is 17.5 Å². The molecule has 0 spiro atoms. The van der Waals surface area contributed by atoms with Gasteiger partial charge in [-0.1, -0.05) is 6.07 Å². The summed E-state index contributed by atoms with van der Waals surface area (Å²) in [5.74, 6) is -1.56. The van der Waals surface area contributed by atoms with Crippen molar-refractivity contribution in [2.75, 3.05) is 19.8 Å². The van der Waals surface area contributed by atoms with Crippen molar-refractivity contribution < 1.29 is 19.0 Å². The summed E-state index contributed by atoms with van der Waals surface area (Å²) in [6.07, 6.45) is 2.00. The van der Waals surface area contributed by atoms with Crippen LogP contribution in [0.15, 0.2) is 18.2 Å². The zero-order chi connectivity index (χ0) is 13.0. The third-order valence-corrected chi connectivity index (χ3v) is 3.04. The highest BCUT2D eigenvalue weighted by Gasteiger charge is 2.17. The average Bonchev–Trinajstić information content (AvgIpc) is 2.40. The van der Waals surface area contributed by atoms with Crippen LogP contribution >= 0.6 is 0 Å². The van der Waals surface area contributed by atoms with Gasteiger partial charge in [-0.2, -0.15) is 0 Å². The fraction of sp³-hybridized carbons (Fsp3) is 0.462. The molecule has 1 heterocycles. The molecule has 4 nitrogen and oxygen atoms in total. The highest BCUT2D eigenvalue weighted by Crippen LogP contribution is 2.20. The SMILES string of the molecule is O=C(NCC1CCCOC1)c1cccc(F)c1O. The molecule has 1 aliphatic heterocycles. The fourth-order valence-corrected chi connectivity index (χ4v) is 2.00. The first-order valence-corrected chi connectivity index (χ1v) is 6.02. The highest BCUT2D eigenvalue weighted by molar-refractivity contribution is 5.96. The van der Waals surface area contributed by atoms with Crippen molar-refractivity contribution in [3.63, 3.8) is 0 Å². The van der Waals surface area contributed by atoms with E-state index in [2.05, 4.69) is 5.32 Å². The minimum atomic E-state index is -0.788. The van der Waals surface area contributed by atoms with Gasteiger partial charge in [0.05, 0.1) is 12.2 Å². The quantitative estimate of drug-likeness (QED) is 0.861. The van der Waals surface area contributed by atoms with E-state index in [1.54, 1.807) is 0 Å². The summed E-state index contributed by atoms with van der Waals surface area (Å²) in [7, 11) is 0. The van der Waals surface area contributed by atoms with E-state index in [-0.39, 0.29) is 5.56 Å². The van der Waals surface area contributed by atoms with Gasteiger partial charge >= 0.3 is 0 Å². The van der Waals surface area contributed by atoms with Crippen LogP contribution in [0.3, 0.4) is 0 Å². The summed E-state index contributed by atoms with van der Waals surface area (Å²) in [5, 5.41) is 12.1. The molecule has 1 saturated heterocycles. The normalized spacial score (nSPS) is 19.5. The van der Waals surface area contributed by atoms with Crippen LogP contribution in [0.5, 0.6) is 5.75 Å². The summed E-state index contributed by atoms with van der Waals surface area (Å²) in [6, 6.07) is 3.90. The number of carbonyl (C=O) groups is 1. The van der Waals surface area contributed by atoms with E-state index in [0.717, 1.165) is 25.5 Å². The molecular formula is C13H16FNO3. The second kappa shape index (κ2) is 5.82. The Hall–Kier alpha value is -1.62. The van der Waals surface area contributed by atoms with Crippen LogP contribution in [0, 0.1) is 11.7 Å². The number of amides is 1. The Morgan fingerprint density at radius 2 is 2.39 bits per heavy atom. The zero-order valence-corrected chi connectivity index (χ0v) is 9.99. The molecule has 0 aliphatic carbocycles. The van der Waals surface area contributed by atoms with Crippen LogP contribution < -0.4 is 5.32 Å². The number of halogens is 1. The summed E-state index contributed by atoms with van der Waals surface area (Å²) < 4.78 is 18.4. The minimum absolute atomic E-state index is 0.0354. The van der Waals surface area contributed by atoms with Crippen molar-refractivity contribution in [3.05, 3.63) is 29.6 Å². The van der Waals surface area contributed by atoms with Crippen molar-refractivity contribution in [3.8, 4) is 5.75 Å². The Kier molecular flexibility index (Phi) is 4.15. The molecule has 0 bridgehead atoms. The lowest BCUT2D eigenvalue weighted by Crippen LogP contribution is -2.33. The van der Waals surface area contributed by atoms with E-state index in [4.69, 9.17) is 4.74 Å². The van der Waals surface area contributed by atoms with Crippen molar-refractivity contribution in [1.82, 2.24) is 5.32 Å². The summed E-state index contributed by atoms with van der Waals surface area (Å²) >= 11 is 0. The number of phenols is 1. The van der Waals surface area contributed by atoms with Gasteiger partial charge in [0.15, 0.2) is 11.6 Å². The fourth-order valence-electron chi connectivity index (χ4n) is 2.00. The molecule has 1 aromatic carbocycles. The number of hydrogen-bond acceptors (Lipinski definition) is 3. The average molecular weight is 253 g/mol. The van der Waals surface area contributed by atoms with Gasteiger partial charge in [-0.15, -0.1) is 0 Å². The Bertz CT molecular complexity index is 430. The number of phenolic OH excluding ortho intramolecular Hbond substituents is 1. The van der Waals surface area contributed by atoms with Gasteiger partial charge in [0, 0.05) is 13.2 Å². The van der Waals surface area contributed by atoms with Gasteiger partial charge in [0.2, 0.25) is 0 Å². The maximum atomic E-state index is 13.1. The van der Waals surface area contributed by atoms with Crippen LogP contribution in [-0.2, 0) is 4.74 Å². The van der Waals surface area contributed by atoms with Crippen LogP contribution in [0.2, 0.25) is 0 Å². The number of aromatic hydroxyl groups is 1. The number of nitrogens with one attached hydrogen (secondary N) is 1. The first-order chi connectivity index (χ1) is 8.68. The van der Waals surface area contributed by atoms with Gasteiger partial charge in [0.25, 0.3) is 5.91 Å². The van der Waals surface area contributed by atoms with E-state index in [9.17, 15) is 14.3 Å². The minimum Gasteiger partial charge on any atom is -0.504 e. The van der Waals surface area contributed by atoms with Crippen LogP contribution in [0.1, 0.15) is 23.2 Å². The Balaban J connectivity index is 1.93. The molecule has 1 amide bonds. The van der Waals surface area contributed by atoms with Crippen molar-refractivity contribution >= 4 is 5.91 Å². The number of ether oxygens (including phenoxy) is 1. The second-order valence-corrected chi connectivity index (χ2v) is 4.43. The maximum Gasteiger partial charge on any atom is 0.255 e. The van der Waals surface area contributed by atoms with Crippen molar-refractivity contribution in [2.24, 2.45) is 5.92 Å². The third kappa shape index (κ3) is 2.98. The van der Waals surface area contributed by atoms with Crippen molar-refractivity contribution in [1.29, 1.82) is 0 Å². The number of benzene rings is 1. The molecule has 1 aromatic rings. The lowest BCUT2D eigenvalue weighted by atomic mass is 10.0. The lowest BCUT2D eigenvalue weighted by molar-refractivity contribution is 0.0536. The highest BCUT2D eigenvalue weighted by atomic mass is 19.1. The summed E-state index contributed by atoms with van der Waals surface area (Å²) in [6.45, 7) is 1.89. The van der Waals surface area contributed by atoms with E-state index in [1.165, 1.54) is 12.1 Å². The zero-order valence-electron chi connectivity index (χ0n) is 9.99. The first kappa shape index (κ1) is 12.8. The number of para-hydroxylation sites is 1. The molecule has 0 aromatic heterocycles. The lowest BCUT2D eigenvalue weighted by Gasteiger charge is -2.22. The van der Waals surface area contributed by atoms with E-state index >= 15 is 0 Å². The van der Waals surface area contributed by atoms with Crippen LogP contribution in [0.4, 0.5) is 4.39 Å². The monoisotopic (exact) mass is 253 g/mol. The molecule has 1 fully saturated rings. The van der Waals surface area contributed by atoms with Crippen molar-refractivity contribution in [2.45, 2.75) is 12.8 Å². The summed E-state index contributed by atoms with van der Waals surface area (Å²) in [5.41, 5.74) is -0.0354. The molecule has 0 radical (unpaired) electrons. The molecular weight excluding hydrogens is 237 g/mol. The van der Waals surface area contributed by atoms with Gasteiger partial charge in [-0.25, -0.2) is 4.39 Å². The number of rotatable bonds is 3. The molecule has 2 rings (SSSR count). The molecule has 5 heteroatoms. The molecule has 1 aliphatic rings. The third-order valence-electron chi connectivity index (χ3n) is 3.04. The molecule has 0 saturated carbocycles. The van der Waals surface area contributed by atoms with Gasteiger partial charge in [0.1, 0.15) is 0 Å². The van der Waals surface area contributed by atoms with Gasteiger partial charge < -0.3 is 15.2 Å². The first-order valence-electron chi connectivity index (χ1n) is 6.02. The molecule has 18 heavy (non-hydrogen) atoms. The van der Waals surface area contributed by atoms with Gasteiger partial charge in [-0.3, -0.25) is 4.79 Å². The predicted molar refractivity (Wildman–Crippen MR) is 63.9 cm³/mol. The topological polar surface area (TPSA) is 58.6 Å². The smallest absolute Gasteiger partial charge is 0.255 e. The number of hydrogen-bond donors (Lipinski definition) is 2. The largest absolute Gasteiger partial charge is 0.504 e. The molecule has 1 unspecified atom stereocenters. The van der Waals surface area contributed by atoms with E-state index in [0.29, 0.717) is 19.1 Å². The van der Waals surface area contributed by atoms with Crippen LogP contribution in [-0.4, -0.2) is 30.8 Å². The van der Waals surface area contributed by atoms with Crippen LogP contribution in [0.25, 0.3) is 0 Å². The molecule has 1 atom stereocenters. The standard InChI is InChI=1S/C13H16FNO3/c14-11-5-1-4-10(12(11)16)13(17)15-7-9-3-2-6-18-8-9/h1,4-5,9,16H,2-3,6-8H2,(H,15,17). The second-order valence-electron chi connectivity index (χ2n) is 4.43. The van der Waals surface area contributed by atoms with E-state index in [1.807, 2.05) is 0 Å². The van der Waals surface area contributed by atoms with Gasteiger partial charge in [-0.05, 0) is 30.9 Å².